The van der Waals surface area contributed by atoms with Crippen LogP contribution in [0.4, 0.5) is 10.3 Å². The highest BCUT2D eigenvalue weighted by Crippen LogP contribution is 2.15. The number of nitrogens with two attached hydrogens (primary N) is 1. The molecule has 0 aliphatic carbocycles. The molecule has 1 unspecified atom stereocenters. The minimum atomic E-state index is -0.523. The molecule has 2 heterocycles. The Morgan fingerprint density at radius 1 is 1.50 bits per heavy atom. The van der Waals surface area contributed by atoms with Crippen LogP contribution in [-0.2, 0) is 4.79 Å². The van der Waals surface area contributed by atoms with Crippen LogP contribution in [0.2, 0.25) is 0 Å². The minimum absolute atomic E-state index is 0.121. The van der Waals surface area contributed by atoms with Gasteiger partial charge in [0, 0.05) is 19.0 Å². The molecule has 14 heavy (non-hydrogen) atoms. The van der Waals surface area contributed by atoms with E-state index in [-0.39, 0.29) is 17.9 Å². The molecule has 1 aromatic rings. The lowest BCUT2D eigenvalue weighted by Gasteiger charge is -2.12. The summed E-state index contributed by atoms with van der Waals surface area (Å²) in [5.41, 5.74) is 5.59. The molecule has 2 rings (SSSR count). The van der Waals surface area contributed by atoms with Crippen molar-refractivity contribution in [1.82, 2.24) is 9.97 Å². The van der Waals surface area contributed by atoms with E-state index in [1.54, 1.807) is 0 Å². The number of hydrogen-bond donors (Lipinski definition) is 1. The highest BCUT2D eigenvalue weighted by molar-refractivity contribution is 5.94. The van der Waals surface area contributed by atoms with E-state index in [2.05, 4.69) is 9.97 Å². The van der Waals surface area contributed by atoms with Gasteiger partial charge in [-0.25, -0.2) is 14.4 Å². The summed E-state index contributed by atoms with van der Waals surface area (Å²) in [6, 6.07) is -0.184. The minimum Gasteiger partial charge on any atom is -0.326 e. The Morgan fingerprint density at radius 2 is 2.14 bits per heavy atom. The molecule has 1 atom stereocenters. The maximum atomic E-state index is 12.5. The van der Waals surface area contributed by atoms with Gasteiger partial charge in [-0.2, -0.15) is 0 Å². The fourth-order valence-electron chi connectivity index (χ4n) is 1.37. The van der Waals surface area contributed by atoms with E-state index in [4.69, 9.17) is 5.73 Å². The summed E-state index contributed by atoms with van der Waals surface area (Å²) in [4.78, 5) is 20.1. The number of nitrogens with zero attached hydrogens (tertiary/aromatic N) is 3. The molecule has 0 saturated carbocycles. The number of rotatable bonds is 1. The summed E-state index contributed by atoms with van der Waals surface area (Å²) >= 11 is 0. The van der Waals surface area contributed by atoms with Crippen molar-refractivity contribution in [1.29, 1.82) is 0 Å². The van der Waals surface area contributed by atoms with Crippen LogP contribution < -0.4 is 10.6 Å². The lowest BCUT2D eigenvalue weighted by atomic mass is 10.3. The third kappa shape index (κ3) is 1.56. The first-order valence-corrected chi connectivity index (χ1v) is 4.20. The maximum Gasteiger partial charge on any atom is 0.232 e. The topological polar surface area (TPSA) is 72.1 Å². The first-order valence-electron chi connectivity index (χ1n) is 4.20. The second kappa shape index (κ2) is 3.30. The Kier molecular flexibility index (Phi) is 2.12. The number of amides is 1. The molecule has 74 valence electrons. The summed E-state index contributed by atoms with van der Waals surface area (Å²) in [6.45, 7) is 0.393. The molecule has 2 N–H and O–H groups in total. The van der Waals surface area contributed by atoms with Gasteiger partial charge in [-0.3, -0.25) is 9.69 Å². The van der Waals surface area contributed by atoms with Crippen molar-refractivity contribution >= 4 is 11.9 Å². The van der Waals surface area contributed by atoms with Gasteiger partial charge in [0.25, 0.3) is 0 Å². The van der Waals surface area contributed by atoms with Gasteiger partial charge in [-0.1, -0.05) is 0 Å². The third-order valence-corrected chi connectivity index (χ3v) is 2.00. The summed E-state index contributed by atoms with van der Waals surface area (Å²) < 4.78 is 12.5. The lowest BCUT2D eigenvalue weighted by Crippen LogP contribution is -2.29. The molecule has 1 aromatic heterocycles. The van der Waals surface area contributed by atoms with E-state index < -0.39 is 5.82 Å². The normalized spacial score (nSPS) is 21.7. The smallest absolute Gasteiger partial charge is 0.232 e. The average molecular weight is 196 g/mol. The molecule has 0 spiro atoms. The Hall–Kier alpha value is -1.56. The van der Waals surface area contributed by atoms with E-state index >= 15 is 0 Å². The summed E-state index contributed by atoms with van der Waals surface area (Å²) in [7, 11) is 0. The molecule has 0 aromatic carbocycles. The van der Waals surface area contributed by atoms with Crippen LogP contribution in [0.25, 0.3) is 0 Å². The van der Waals surface area contributed by atoms with Gasteiger partial charge < -0.3 is 5.73 Å². The van der Waals surface area contributed by atoms with Crippen molar-refractivity contribution in [3.05, 3.63) is 18.2 Å². The predicted molar refractivity (Wildman–Crippen MR) is 46.9 cm³/mol. The quantitative estimate of drug-likeness (QED) is 0.668. The molecule has 1 aliphatic heterocycles. The van der Waals surface area contributed by atoms with E-state index in [1.807, 2.05) is 0 Å². The van der Waals surface area contributed by atoms with Crippen LogP contribution >= 0.6 is 0 Å². The van der Waals surface area contributed by atoms with Crippen LogP contribution in [0.15, 0.2) is 12.4 Å². The van der Waals surface area contributed by atoms with Crippen molar-refractivity contribution < 1.29 is 9.18 Å². The Bertz CT molecular complexity index is 353. The van der Waals surface area contributed by atoms with Gasteiger partial charge in [0.05, 0.1) is 12.4 Å². The third-order valence-electron chi connectivity index (χ3n) is 2.00. The molecule has 1 amide bonds. The van der Waals surface area contributed by atoms with Gasteiger partial charge >= 0.3 is 0 Å². The van der Waals surface area contributed by atoms with Crippen LogP contribution in [0.5, 0.6) is 0 Å². The Balaban J connectivity index is 2.23. The Labute approximate surface area is 79.8 Å². The van der Waals surface area contributed by atoms with Crippen molar-refractivity contribution in [3.8, 4) is 0 Å². The van der Waals surface area contributed by atoms with Gasteiger partial charge in [-0.05, 0) is 0 Å². The van der Waals surface area contributed by atoms with Gasteiger partial charge in [0.15, 0.2) is 5.82 Å². The number of halogens is 1. The molecule has 0 radical (unpaired) electrons. The lowest BCUT2D eigenvalue weighted by molar-refractivity contribution is -0.117. The zero-order valence-electron chi connectivity index (χ0n) is 7.35. The molecule has 1 saturated heterocycles. The molecule has 5 nitrogen and oxygen atoms in total. The highest BCUT2D eigenvalue weighted by atomic mass is 19.1. The zero-order chi connectivity index (χ0) is 10.1. The van der Waals surface area contributed by atoms with E-state index in [1.165, 1.54) is 4.90 Å². The number of hydrogen-bond acceptors (Lipinski definition) is 4. The SMILES string of the molecule is NC1CC(=O)N(c2ncc(F)cn2)C1. The maximum absolute atomic E-state index is 12.5. The van der Waals surface area contributed by atoms with Crippen molar-refractivity contribution in [3.63, 3.8) is 0 Å². The predicted octanol–water partition coefficient (Wildman–Crippen LogP) is -0.320. The molecular weight excluding hydrogens is 187 g/mol. The molecule has 6 heteroatoms. The second-order valence-electron chi connectivity index (χ2n) is 3.17. The van der Waals surface area contributed by atoms with Gasteiger partial charge in [0.1, 0.15) is 0 Å². The highest BCUT2D eigenvalue weighted by Gasteiger charge is 2.29. The molecule has 0 bridgehead atoms. The van der Waals surface area contributed by atoms with Gasteiger partial charge in [0.2, 0.25) is 11.9 Å². The average Bonchev–Trinajstić information content (AvgIpc) is 2.47. The first kappa shape index (κ1) is 9.01. The standard InChI is InChI=1S/C8H9FN4O/c9-5-2-11-8(12-3-5)13-4-6(10)1-7(13)14/h2-3,6H,1,4,10H2. The first-order chi connectivity index (χ1) is 6.66. The second-order valence-corrected chi connectivity index (χ2v) is 3.17. The van der Waals surface area contributed by atoms with Gasteiger partial charge in [-0.15, -0.1) is 0 Å². The number of aromatic nitrogens is 2. The molecule has 1 aliphatic rings. The summed E-state index contributed by atoms with van der Waals surface area (Å²) in [6.07, 6.45) is 2.35. The van der Waals surface area contributed by atoms with Crippen LogP contribution in [0, 0.1) is 5.82 Å². The van der Waals surface area contributed by atoms with E-state index in [9.17, 15) is 9.18 Å². The molecular formula is C8H9FN4O. The fourth-order valence-corrected chi connectivity index (χ4v) is 1.37. The molecule has 1 fully saturated rings. The van der Waals surface area contributed by atoms with Crippen LogP contribution in [-0.4, -0.2) is 28.5 Å². The summed E-state index contributed by atoms with van der Waals surface area (Å²) in [5.74, 6) is -0.432. The van der Waals surface area contributed by atoms with Crippen molar-refractivity contribution in [2.75, 3.05) is 11.4 Å². The van der Waals surface area contributed by atoms with Crippen molar-refractivity contribution in [2.24, 2.45) is 5.73 Å². The monoisotopic (exact) mass is 196 g/mol. The van der Waals surface area contributed by atoms with Crippen molar-refractivity contribution in [2.45, 2.75) is 12.5 Å². The summed E-state index contributed by atoms with van der Waals surface area (Å²) in [5, 5.41) is 0. The number of anilines is 1. The largest absolute Gasteiger partial charge is 0.326 e. The number of carbonyl (C=O) groups excluding carboxylic acids is 1. The van der Waals surface area contributed by atoms with E-state index in [0.29, 0.717) is 13.0 Å². The zero-order valence-corrected chi connectivity index (χ0v) is 7.35. The van der Waals surface area contributed by atoms with Crippen LogP contribution in [0.1, 0.15) is 6.42 Å². The van der Waals surface area contributed by atoms with E-state index in [0.717, 1.165) is 12.4 Å². The van der Waals surface area contributed by atoms with Crippen LogP contribution in [0.3, 0.4) is 0 Å². The Morgan fingerprint density at radius 3 is 2.64 bits per heavy atom. The fraction of sp³-hybridized carbons (Fsp3) is 0.375. The number of carbonyl (C=O) groups is 1.